The molecule has 0 radical (unpaired) electrons. The number of carbonyl (C=O) groups excluding carboxylic acids is 1. The van der Waals surface area contributed by atoms with Gasteiger partial charge in [-0.15, -0.1) is 0 Å². The van der Waals surface area contributed by atoms with Gasteiger partial charge >= 0.3 is 5.97 Å². The molecule has 86 valence electrons. The molecule has 1 fully saturated rings. The van der Waals surface area contributed by atoms with Crippen LogP contribution in [0.15, 0.2) is 12.2 Å². The molecule has 0 heterocycles. The Morgan fingerprint density at radius 3 is 2.47 bits per heavy atom. The van der Waals surface area contributed by atoms with Gasteiger partial charge in [-0.2, -0.15) is 0 Å². The topological polar surface area (TPSA) is 26.3 Å². The fourth-order valence-electron chi connectivity index (χ4n) is 2.69. The van der Waals surface area contributed by atoms with E-state index in [9.17, 15) is 4.79 Å². The van der Waals surface area contributed by atoms with Crippen molar-refractivity contribution in [1.82, 2.24) is 0 Å². The fourth-order valence-corrected chi connectivity index (χ4v) is 2.69. The highest BCUT2D eigenvalue weighted by Crippen LogP contribution is 2.55. The molecule has 2 nitrogen and oxygen atoms in total. The van der Waals surface area contributed by atoms with E-state index in [1.807, 2.05) is 0 Å². The summed E-state index contributed by atoms with van der Waals surface area (Å²) in [6, 6.07) is 0. The zero-order valence-electron chi connectivity index (χ0n) is 10.3. The first-order chi connectivity index (χ1) is 6.85. The zero-order chi connectivity index (χ0) is 11.6. The summed E-state index contributed by atoms with van der Waals surface area (Å²) >= 11 is 0. The van der Waals surface area contributed by atoms with E-state index < -0.39 is 0 Å². The van der Waals surface area contributed by atoms with Crippen LogP contribution in [0.25, 0.3) is 0 Å². The number of allylic oxidation sites excluding steroid dienone is 1. The van der Waals surface area contributed by atoms with Crippen LogP contribution in [0.3, 0.4) is 0 Å². The summed E-state index contributed by atoms with van der Waals surface area (Å²) in [6.45, 7) is 12.7. The van der Waals surface area contributed by atoms with Gasteiger partial charge in [-0.25, -0.2) is 0 Å². The van der Waals surface area contributed by atoms with Crippen molar-refractivity contribution in [2.45, 2.75) is 40.5 Å². The van der Waals surface area contributed by atoms with Crippen LogP contribution >= 0.6 is 0 Å². The Morgan fingerprint density at radius 1 is 1.47 bits per heavy atom. The lowest BCUT2D eigenvalue weighted by Gasteiger charge is -2.53. The van der Waals surface area contributed by atoms with Crippen LogP contribution in [-0.4, -0.2) is 12.6 Å². The van der Waals surface area contributed by atoms with Crippen molar-refractivity contribution in [2.24, 2.45) is 17.3 Å². The molecule has 0 bridgehead atoms. The molecule has 1 rings (SSSR count). The van der Waals surface area contributed by atoms with Gasteiger partial charge in [0, 0.05) is 6.92 Å². The van der Waals surface area contributed by atoms with Gasteiger partial charge < -0.3 is 4.74 Å². The van der Waals surface area contributed by atoms with Crippen LogP contribution in [0, 0.1) is 17.3 Å². The third kappa shape index (κ3) is 2.61. The van der Waals surface area contributed by atoms with Gasteiger partial charge in [0.05, 0.1) is 6.61 Å². The van der Waals surface area contributed by atoms with Crippen molar-refractivity contribution in [1.29, 1.82) is 0 Å². The highest BCUT2D eigenvalue weighted by Gasteiger charge is 2.47. The van der Waals surface area contributed by atoms with Gasteiger partial charge in [0.15, 0.2) is 0 Å². The molecular weight excluding hydrogens is 188 g/mol. The molecule has 0 N–H and O–H groups in total. The molecular formula is C13H22O2. The Balaban J connectivity index is 2.35. The normalized spacial score (nSPS) is 28.0. The van der Waals surface area contributed by atoms with E-state index in [-0.39, 0.29) is 5.97 Å². The van der Waals surface area contributed by atoms with Gasteiger partial charge in [0.2, 0.25) is 0 Å². The largest absolute Gasteiger partial charge is 0.466 e. The van der Waals surface area contributed by atoms with Crippen LogP contribution in [0.2, 0.25) is 0 Å². The molecule has 0 saturated heterocycles. The van der Waals surface area contributed by atoms with E-state index in [2.05, 4.69) is 27.4 Å². The molecule has 1 saturated carbocycles. The standard InChI is InChI=1S/C13H22O2/c1-9(2)12-8-11(13(12,4)5)6-7-15-10(3)14/h11-12H,1,6-8H2,2-5H3/t11-,12-/m1/s1. The van der Waals surface area contributed by atoms with Crippen molar-refractivity contribution in [2.75, 3.05) is 6.61 Å². The van der Waals surface area contributed by atoms with Crippen LogP contribution in [0.5, 0.6) is 0 Å². The van der Waals surface area contributed by atoms with Gasteiger partial charge in [0.1, 0.15) is 0 Å². The molecule has 15 heavy (non-hydrogen) atoms. The maximum Gasteiger partial charge on any atom is 0.302 e. The monoisotopic (exact) mass is 210 g/mol. The fraction of sp³-hybridized carbons (Fsp3) is 0.769. The zero-order valence-corrected chi connectivity index (χ0v) is 10.3. The lowest BCUT2D eigenvalue weighted by Crippen LogP contribution is -2.45. The van der Waals surface area contributed by atoms with Crippen molar-refractivity contribution in [3.63, 3.8) is 0 Å². The van der Waals surface area contributed by atoms with Crippen LogP contribution < -0.4 is 0 Å². The second-order valence-electron chi connectivity index (χ2n) is 5.28. The molecule has 0 amide bonds. The Hall–Kier alpha value is -0.790. The summed E-state index contributed by atoms with van der Waals surface area (Å²) in [7, 11) is 0. The molecule has 0 aromatic heterocycles. The summed E-state index contributed by atoms with van der Waals surface area (Å²) < 4.78 is 4.98. The molecule has 1 aliphatic rings. The molecule has 0 unspecified atom stereocenters. The van der Waals surface area contributed by atoms with Crippen molar-refractivity contribution in [3.05, 3.63) is 12.2 Å². The lowest BCUT2D eigenvalue weighted by atomic mass is 9.52. The summed E-state index contributed by atoms with van der Waals surface area (Å²) in [5.74, 6) is 1.13. The van der Waals surface area contributed by atoms with Gasteiger partial charge in [-0.1, -0.05) is 26.0 Å². The van der Waals surface area contributed by atoms with E-state index in [0.717, 1.165) is 6.42 Å². The predicted octanol–water partition coefficient (Wildman–Crippen LogP) is 3.18. The van der Waals surface area contributed by atoms with Gasteiger partial charge in [-0.3, -0.25) is 4.79 Å². The van der Waals surface area contributed by atoms with Crippen molar-refractivity contribution >= 4 is 5.97 Å². The maximum atomic E-state index is 10.6. The van der Waals surface area contributed by atoms with Crippen molar-refractivity contribution < 1.29 is 9.53 Å². The van der Waals surface area contributed by atoms with Gasteiger partial charge in [-0.05, 0) is 37.0 Å². The Morgan fingerprint density at radius 2 is 2.07 bits per heavy atom. The van der Waals surface area contributed by atoms with Crippen LogP contribution in [-0.2, 0) is 9.53 Å². The molecule has 0 aliphatic heterocycles. The lowest BCUT2D eigenvalue weighted by molar-refractivity contribution is -0.142. The number of hydrogen-bond donors (Lipinski definition) is 0. The SMILES string of the molecule is C=C(C)[C@H]1C[C@@H](CCOC(C)=O)C1(C)C. The molecule has 2 heteroatoms. The first kappa shape index (κ1) is 12.3. The Bertz CT molecular complexity index is 266. The minimum Gasteiger partial charge on any atom is -0.466 e. The molecule has 1 aliphatic carbocycles. The number of carbonyl (C=O) groups is 1. The van der Waals surface area contributed by atoms with Crippen LogP contribution in [0.4, 0.5) is 0 Å². The average Bonchev–Trinajstić information content (AvgIpc) is 2.08. The number of rotatable bonds is 4. The van der Waals surface area contributed by atoms with Crippen molar-refractivity contribution in [3.8, 4) is 0 Å². The van der Waals surface area contributed by atoms with Crippen LogP contribution in [0.1, 0.15) is 40.5 Å². The van der Waals surface area contributed by atoms with E-state index >= 15 is 0 Å². The minimum atomic E-state index is -0.177. The second kappa shape index (κ2) is 4.38. The number of ether oxygens (including phenoxy) is 1. The summed E-state index contributed by atoms with van der Waals surface area (Å²) in [6.07, 6.45) is 2.18. The highest BCUT2D eigenvalue weighted by molar-refractivity contribution is 5.65. The average molecular weight is 210 g/mol. The summed E-state index contributed by atoms with van der Waals surface area (Å²) in [4.78, 5) is 10.6. The molecule has 0 spiro atoms. The third-order valence-electron chi connectivity index (χ3n) is 3.84. The predicted molar refractivity (Wildman–Crippen MR) is 61.4 cm³/mol. The Kier molecular flexibility index (Phi) is 3.58. The maximum absolute atomic E-state index is 10.6. The molecule has 2 atom stereocenters. The number of esters is 1. The molecule has 0 aromatic rings. The highest BCUT2D eigenvalue weighted by atomic mass is 16.5. The Labute approximate surface area is 92.7 Å². The van der Waals surface area contributed by atoms with Gasteiger partial charge in [0.25, 0.3) is 0 Å². The third-order valence-corrected chi connectivity index (χ3v) is 3.84. The molecule has 0 aromatic carbocycles. The second-order valence-corrected chi connectivity index (χ2v) is 5.28. The van der Waals surface area contributed by atoms with E-state index in [1.165, 1.54) is 18.9 Å². The quantitative estimate of drug-likeness (QED) is 0.526. The summed E-state index contributed by atoms with van der Waals surface area (Å²) in [5, 5.41) is 0. The first-order valence-corrected chi connectivity index (χ1v) is 5.64. The number of hydrogen-bond acceptors (Lipinski definition) is 2. The minimum absolute atomic E-state index is 0.177. The first-order valence-electron chi connectivity index (χ1n) is 5.64. The van der Waals surface area contributed by atoms with E-state index in [4.69, 9.17) is 4.74 Å². The van der Waals surface area contributed by atoms with E-state index in [1.54, 1.807) is 0 Å². The van der Waals surface area contributed by atoms with E-state index in [0.29, 0.717) is 23.9 Å². The summed E-state index contributed by atoms with van der Waals surface area (Å²) in [5.41, 5.74) is 1.61. The smallest absolute Gasteiger partial charge is 0.302 e.